The minimum atomic E-state index is -0.190. The predicted molar refractivity (Wildman–Crippen MR) is 240 cm³/mol. The smallest absolute Gasteiger partial charge is 0.143 e. The molecule has 0 atom stereocenters. The van der Waals surface area contributed by atoms with Crippen LogP contribution in [0.1, 0.15) is 25.0 Å². The van der Waals surface area contributed by atoms with Gasteiger partial charge in [0.15, 0.2) is 0 Å². The second kappa shape index (κ2) is 13.0. The SMILES string of the molecule is CC1(C)c2cc(N(c3ccc(-c4cccc5c4oc4ccccc45)cc3)c3cc(-c4ccccc4)c4ccccc4c3)ccc2-c2c(-c3ccccc3)cccc21. The Labute approximate surface area is 332 Å². The van der Waals surface area contributed by atoms with Gasteiger partial charge in [-0.3, -0.25) is 0 Å². The van der Waals surface area contributed by atoms with E-state index in [-0.39, 0.29) is 5.41 Å². The molecule has 0 unspecified atom stereocenters. The van der Waals surface area contributed by atoms with Gasteiger partial charge in [0.2, 0.25) is 0 Å². The number of furan rings is 1. The maximum atomic E-state index is 6.47. The Morgan fingerprint density at radius 3 is 1.79 bits per heavy atom. The first-order valence-corrected chi connectivity index (χ1v) is 19.8. The molecule has 2 nitrogen and oxygen atoms in total. The molecule has 1 aromatic heterocycles. The van der Waals surface area contributed by atoms with Crippen molar-refractivity contribution in [2.24, 2.45) is 0 Å². The monoisotopic (exact) mass is 729 g/mol. The lowest BCUT2D eigenvalue weighted by molar-refractivity contribution is 0.660. The molecule has 0 amide bonds. The number of benzene rings is 9. The van der Waals surface area contributed by atoms with Gasteiger partial charge in [-0.25, -0.2) is 0 Å². The fourth-order valence-electron chi connectivity index (χ4n) is 9.27. The maximum Gasteiger partial charge on any atom is 0.143 e. The first-order chi connectivity index (χ1) is 28.0. The Morgan fingerprint density at radius 2 is 1.00 bits per heavy atom. The number of hydrogen-bond acceptors (Lipinski definition) is 2. The van der Waals surface area contributed by atoms with Gasteiger partial charge in [-0.2, -0.15) is 0 Å². The van der Waals surface area contributed by atoms with Gasteiger partial charge in [-0.05, 0) is 103 Å². The van der Waals surface area contributed by atoms with Gasteiger partial charge >= 0.3 is 0 Å². The van der Waals surface area contributed by atoms with Crippen LogP contribution in [0, 0.1) is 0 Å². The van der Waals surface area contributed by atoms with Crippen LogP contribution in [0.5, 0.6) is 0 Å². The third-order valence-electron chi connectivity index (χ3n) is 12.1. The lowest BCUT2D eigenvalue weighted by atomic mass is 9.81. The normalized spacial score (nSPS) is 12.9. The Hall–Kier alpha value is -7.16. The van der Waals surface area contributed by atoms with Gasteiger partial charge in [0.05, 0.1) is 0 Å². The second-order valence-corrected chi connectivity index (χ2v) is 15.7. The average molecular weight is 730 g/mol. The molecular formula is C55H39NO. The molecule has 0 radical (unpaired) electrons. The molecule has 0 fully saturated rings. The number of anilines is 3. The summed E-state index contributed by atoms with van der Waals surface area (Å²) in [5.41, 5.74) is 17.4. The van der Waals surface area contributed by atoms with Crippen molar-refractivity contribution in [1.29, 1.82) is 0 Å². The molecular weight excluding hydrogens is 691 g/mol. The first kappa shape index (κ1) is 33.2. The van der Waals surface area contributed by atoms with Crippen LogP contribution in [-0.4, -0.2) is 0 Å². The molecule has 0 saturated heterocycles. The van der Waals surface area contributed by atoms with E-state index in [9.17, 15) is 0 Å². The molecule has 0 N–H and O–H groups in total. The average Bonchev–Trinajstić information content (AvgIpc) is 3.76. The third-order valence-corrected chi connectivity index (χ3v) is 12.1. The molecule has 9 aromatic carbocycles. The highest BCUT2D eigenvalue weighted by atomic mass is 16.3. The van der Waals surface area contributed by atoms with Crippen molar-refractivity contribution in [3.63, 3.8) is 0 Å². The van der Waals surface area contributed by atoms with E-state index in [2.05, 4.69) is 207 Å². The number of para-hydroxylation sites is 2. The molecule has 1 heterocycles. The van der Waals surface area contributed by atoms with Gasteiger partial charge < -0.3 is 9.32 Å². The zero-order valence-electron chi connectivity index (χ0n) is 31.9. The van der Waals surface area contributed by atoms with E-state index in [1.807, 2.05) is 12.1 Å². The van der Waals surface area contributed by atoms with Crippen LogP contribution in [0.3, 0.4) is 0 Å². The second-order valence-electron chi connectivity index (χ2n) is 15.7. The summed E-state index contributed by atoms with van der Waals surface area (Å²) in [7, 11) is 0. The molecule has 0 bridgehead atoms. The van der Waals surface area contributed by atoms with Crippen molar-refractivity contribution in [2.45, 2.75) is 19.3 Å². The van der Waals surface area contributed by atoms with Crippen LogP contribution in [0.15, 0.2) is 205 Å². The largest absolute Gasteiger partial charge is 0.455 e. The highest BCUT2D eigenvalue weighted by Gasteiger charge is 2.37. The fraction of sp³-hybridized carbons (Fsp3) is 0.0545. The third kappa shape index (κ3) is 5.33. The van der Waals surface area contributed by atoms with Crippen LogP contribution in [0.2, 0.25) is 0 Å². The van der Waals surface area contributed by atoms with Crippen LogP contribution in [-0.2, 0) is 5.41 Å². The van der Waals surface area contributed by atoms with Crippen LogP contribution in [0.25, 0.3) is 77.2 Å². The van der Waals surface area contributed by atoms with E-state index >= 15 is 0 Å². The molecule has 0 spiro atoms. The Kier molecular flexibility index (Phi) is 7.55. The van der Waals surface area contributed by atoms with E-state index in [4.69, 9.17) is 4.42 Å². The zero-order valence-corrected chi connectivity index (χ0v) is 31.9. The summed E-state index contributed by atoms with van der Waals surface area (Å²) >= 11 is 0. The summed E-state index contributed by atoms with van der Waals surface area (Å²) in [5, 5.41) is 4.71. The lowest BCUT2D eigenvalue weighted by Gasteiger charge is -2.29. The minimum Gasteiger partial charge on any atom is -0.455 e. The summed E-state index contributed by atoms with van der Waals surface area (Å²) in [6.45, 7) is 4.75. The van der Waals surface area contributed by atoms with Gasteiger partial charge in [-0.15, -0.1) is 0 Å². The van der Waals surface area contributed by atoms with E-state index in [0.29, 0.717) is 0 Å². The molecule has 2 heteroatoms. The van der Waals surface area contributed by atoms with E-state index in [1.165, 1.54) is 55.3 Å². The predicted octanol–water partition coefficient (Wildman–Crippen LogP) is 15.5. The van der Waals surface area contributed by atoms with Gasteiger partial charge in [0.25, 0.3) is 0 Å². The number of hydrogen-bond donors (Lipinski definition) is 0. The molecule has 0 saturated carbocycles. The quantitative estimate of drug-likeness (QED) is 0.169. The number of nitrogens with zero attached hydrogens (tertiary/aromatic N) is 1. The fourth-order valence-corrected chi connectivity index (χ4v) is 9.27. The molecule has 0 aliphatic heterocycles. The molecule has 10 aromatic rings. The topological polar surface area (TPSA) is 16.4 Å². The molecule has 270 valence electrons. The molecule has 57 heavy (non-hydrogen) atoms. The molecule has 11 rings (SSSR count). The van der Waals surface area contributed by atoms with E-state index < -0.39 is 0 Å². The summed E-state index contributed by atoms with van der Waals surface area (Å²) in [4.78, 5) is 2.43. The van der Waals surface area contributed by atoms with Gasteiger partial charge in [0.1, 0.15) is 11.2 Å². The minimum absolute atomic E-state index is 0.190. The van der Waals surface area contributed by atoms with E-state index in [1.54, 1.807) is 0 Å². The van der Waals surface area contributed by atoms with Crippen LogP contribution >= 0.6 is 0 Å². The Balaban J connectivity index is 1.10. The van der Waals surface area contributed by atoms with Crippen molar-refractivity contribution >= 4 is 49.8 Å². The van der Waals surface area contributed by atoms with Crippen molar-refractivity contribution in [2.75, 3.05) is 4.90 Å². The van der Waals surface area contributed by atoms with Crippen molar-refractivity contribution in [3.8, 4) is 44.5 Å². The highest BCUT2D eigenvalue weighted by molar-refractivity contribution is 6.09. The molecule has 1 aliphatic rings. The lowest BCUT2D eigenvalue weighted by Crippen LogP contribution is -2.16. The Morgan fingerprint density at radius 1 is 0.386 bits per heavy atom. The number of rotatable bonds is 6. The van der Waals surface area contributed by atoms with Gasteiger partial charge in [-0.1, -0.05) is 172 Å². The van der Waals surface area contributed by atoms with Crippen molar-refractivity contribution < 1.29 is 4.42 Å². The summed E-state index contributed by atoms with van der Waals surface area (Å²) in [6.07, 6.45) is 0. The first-order valence-electron chi connectivity index (χ1n) is 19.8. The highest BCUT2D eigenvalue weighted by Crippen LogP contribution is 2.54. The zero-order chi connectivity index (χ0) is 38.1. The van der Waals surface area contributed by atoms with Crippen LogP contribution in [0.4, 0.5) is 17.1 Å². The molecule has 1 aliphatic carbocycles. The van der Waals surface area contributed by atoms with Crippen LogP contribution < -0.4 is 4.90 Å². The maximum absolute atomic E-state index is 6.47. The van der Waals surface area contributed by atoms with Crippen molar-refractivity contribution in [3.05, 3.63) is 211 Å². The van der Waals surface area contributed by atoms with Crippen molar-refractivity contribution in [1.82, 2.24) is 0 Å². The number of fused-ring (bicyclic) bond motifs is 7. The standard InChI is InChI=1S/C55H39NO/c1-55(2)50-25-14-22-44(36-15-5-3-6-16-36)53(50)48-32-31-41(35-51(48)55)56(42-33-39-19-9-10-20-43(39)49(34-42)37-17-7-4-8-18-37)40-29-27-38(28-30-40)45-23-13-24-47-46-21-11-12-26-52(46)57-54(45)47/h3-35H,1-2H3. The van der Waals surface area contributed by atoms with E-state index in [0.717, 1.165) is 50.1 Å². The summed E-state index contributed by atoms with van der Waals surface area (Å²) < 4.78 is 6.47. The summed E-state index contributed by atoms with van der Waals surface area (Å²) in [5.74, 6) is 0. The summed E-state index contributed by atoms with van der Waals surface area (Å²) in [6, 6.07) is 72.6. The Bertz CT molecular complexity index is 3140. The van der Waals surface area contributed by atoms with Gasteiger partial charge in [0, 0.05) is 38.8 Å².